The van der Waals surface area contributed by atoms with Crippen LogP contribution in [-0.4, -0.2) is 56.2 Å². The zero-order valence-corrected chi connectivity index (χ0v) is 18.6. The number of halogens is 17. The standard InChI is InChI=1S/C8H5F17OP.C7H10N2/c1-2-26-27(24,25,6(18,19)3(9,10)11,7(20,21)4(12,13)14)8(22,23)5(15,16)17;1-9(2)7-3-5-8-6-4-7/h2H2,1H3;3-6H,1-2H3/q-1;/p+1. The minimum atomic E-state index is -14.1. The number of pyridine rings is 1. The van der Waals surface area contributed by atoms with Crippen molar-refractivity contribution in [3.05, 3.63) is 24.5 Å². The fourth-order valence-electron chi connectivity index (χ4n) is 2.56. The summed E-state index contributed by atoms with van der Waals surface area (Å²) < 4.78 is 222. The Morgan fingerprint density at radius 1 is 0.667 bits per heavy atom. The van der Waals surface area contributed by atoms with Crippen LogP contribution in [0.1, 0.15) is 6.92 Å². The van der Waals surface area contributed by atoms with Crippen LogP contribution in [0.2, 0.25) is 0 Å². The molecule has 0 aliphatic heterocycles. The zero-order chi connectivity index (χ0) is 29.5. The first-order valence-electron chi connectivity index (χ1n) is 8.71. The summed E-state index contributed by atoms with van der Waals surface area (Å²) in [5.41, 5.74) is -26.7. The number of nitrogens with zero attached hydrogens (tertiary/aromatic N) is 1. The molecule has 0 saturated carbocycles. The van der Waals surface area contributed by atoms with E-state index in [0.29, 0.717) is 0 Å². The van der Waals surface area contributed by atoms with Gasteiger partial charge in [0, 0.05) is 31.9 Å². The molecule has 0 unspecified atom stereocenters. The molecule has 1 rings (SSSR count). The van der Waals surface area contributed by atoms with Crippen molar-refractivity contribution in [2.24, 2.45) is 0 Å². The molecule has 0 aliphatic rings. The molecule has 0 aliphatic carbocycles. The van der Waals surface area contributed by atoms with Crippen molar-refractivity contribution in [2.45, 2.75) is 42.4 Å². The predicted octanol–water partition coefficient (Wildman–Crippen LogP) is 7.83. The number of H-pyrrole nitrogens is 1. The normalized spacial score (nSPS) is 16.4. The van der Waals surface area contributed by atoms with Crippen molar-refractivity contribution >= 4 is 12.5 Å². The Kier molecular flexibility index (Phi) is 8.41. The van der Waals surface area contributed by atoms with Crippen molar-refractivity contribution in [2.75, 3.05) is 25.6 Å². The largest absolute Gasteiger partial charge is 0.377 e. The van der Waals surface area contributed by atoms with Gasteiger partial charge in [-0.05, 0) is 0 Å². The Labute approximate surface area is 190 Å². The molecule has 1 heterocycles. The quantitative estimate of drug-likeness (QED) is 0.248. The maximum absolute atomic E-state index is 14.5. The maximum Gasteiger partial charge on any atom is 0.169 e. The summed E-state index contributed by atoms with van der Waals surface area (Å²) in [5, 5.41) is 0. The van der Waals surface area contributed by atoms with E-state index in [2.05, 4.69) is 9.88 Å². The van der Waals surface area contributed by atoms with E-state index in [4.69, 9.17) is 0 Å². The number of aromatic nitrogens is 1. The number of anilines is 1. The number of nitrogens with one attached hydrogen (secondary N) is 1. The number of alkyl halides is 15. The number of aromatic amines is 1. The molecule has 216 valence electrons. The van der Waals surface area contributed by atoms with Gasteiger partial charge in [0.05, 0.1) is 0 Å². The van der Waals surface area contributed by atoms with Crippen molar-refractivity contribution < 1.29 is 83.8 Å². The second-order valence-electron chi connectivity index (χ2n) is 7.01. The molecule has 0 saturated heterocycles. The predicted molar refractivity (Wildman–Crippen MR) is 91.1 cm³/mol. The second-order valence-corrected chi connectivity index (χ2v) is 11.6. The van der Waals surface area contributed by atoms with Crippen LogP contribution in [0.5, 0.6) is 0 Å². The topological polar surface area (TPSA) is 26.6 Å². The Bertz CT molecular complexity index is 831. The minimum absolute atomic E-state index is 0.380. The van der Waals surface area contributed by atoms with Crippen LogP contribution in [-0.2, 0) is 4.52 Å². The first-order chi connectivity index (χ1) is 15.5. The fraction of sp³-hybridized carbons (Fsp3) is 0.667. The van der Waals surface area contributed by atoms with Gasteiger partial charge in [-0.15, -0.1) is 0 Å². The number of hydrogen-bond donors (Lipinski definition) is 0. The molecule has 0 radical (unpaired) electrons. The summed E-state index contributed by atoms with van der Waals surface area (Å²) in [7, 11) is 4.05. The van der Waals surface area contributed by atoms with Crippen LogP contribution in [0.25, 0.3) is 0 Å². The first kappa shape index (κ1) is 34.1. The SMILES string of the molecule is CCO[P-](F)(F)(C(F)(F)C(F)(F)F)(C(F)(F)C(F)(F)F)C(F)(F)C(F)(F)F.CN(C)c1cc[nH+]cc1. The molecule has 0 atom stereocenters. The third-order valence-electron chi connectivity index (χ3n) is 4.48. The van der Waals surface area contributed by atoms with E-state index < -0.39 is 48.9 Å². The summed E-state index contributed by atoms with van der Waals surface area (Å²) in [5.74, 6) is 0. The molecule has 1 aromatic heterocycles. The van der Waals surface area contributed by atoms with Gasteiger partial charge in [-0.2, -0.15) is 0 Å². The van der Waals surface area contributed by atoms with Crippen molar-refractivity contribution in [3.63, 3.8) is 0 Å². The van der Waals surface area contributed by atoms with Gasteiger partial charge in [0.15, 0.2) is 12.4 Å². The summed E-state index contributed by atoms with van der Waals surface area (Å²) in [6.07, 6.45) is -21.5. The molecule has 1 aromatic rings. The van der Waals surface area contributed by atoms with E-state index >= 15 is 0 Å². The third-order valence-corrected chi connectivity index (χ3v) is 9.73. The van der Waals surface area contributed by atoms with Crippen LogP contribution in [0, 0.1) is 0 Å². The van der Waals surface area contributed by atoms with Gasteiger partial charge < -0.3 is 4.90 Å². The van der Waals surface area contributed by atoms with Crippen LogP contribution in [0.15, 0.2) is 24.5 Å². The first-order valence-corrected chi connectivity index (χ1v) is 11.1. The molecule has 0 aromatic carbocycles. The fourth-order valence-corrected chi connectivity index (χ4v) is 6.34. The van der Waals surface area contributed by atoms with Crippen molar-refractivity contribution in [1.29, 1.82) is 0 Å². The average molecular weight is 594 g/mol. The molecular formula is C15H16F17N2OP. The van der Waals surface area contributed by atoms with E-state index in [1.807, 2.05) is 38.6 Å². The van der Waals surface area contributed by atoms with Gasteiger partial charge in [-0.25, -0.2) is 4.98 Å². The molecule has 0 bridgehead atoms. The summed E-state index contributed by atoms with van der Waals surface area (Å²) in [6, 6.07) is 4.06. The Balaban J connectivity index is 0.00000113. The molecule has 0 fully saturated rings. The van der Waals surface area contributed by atoms with Crippen LogP contribution in [0.4, 0.5) is 79.9 Å². The summed E-state index contributed by atoms with van der Waals surface area (Å²) in [4.78, 5) is 5.02. The van der Waals surface area contributed by atoms with Crippen molar-refractivity contribution in [3.8, 4) is 0 Å². The van der Waals surface area contributed by atoms with E-state index in [-0.39, 0.29) is 6.92 Å². The second kappa shape index (κ2) is 8.87. The van der Waals surface area contributed by atoms with Crippen molar-refractivity contribution in [1.82, 2.24) is 0 Å². The number of hydrogen-bond acceptors (Lipinski definition) is 2. The molecule has 0 amide bonds. The monoisotopic (exact) mass is 594 g/mol. The number of rotatable bonds is 6. The van der Waals surface area contributed by atoms with Gasteiger partial charge >= 0.3 is 135 Å². The van der Waals surface area contributed by atoms with Crippen LogP contribution < -0.4 is 9.88 Å². The van der Waals surface area contributed by atoms with Gasteiger partial charge in [-0.1, -0.05) is 0 Å². The molecule has 36 heavy (non-hydrogen) atoms. The van der Waals surface area contributed by atoms with Gasteiger partial charge in [-0.3, -0.25) is 0 Å². The molecular weight excluding hydrogens is 578 g/mol. The maximum atomic E-state index is 14.5. The third kappa shape index (κ3) is 4.01. The van der Waals surface area contributed by atoms with E-state index in [9.17, 15) is 74.3 Å². The Hall–Kier alpha value is -1.85. The summed E-state index contributed by atoms with van der Waals surface area (Å²) >= 11 is 0. The smallest absolute Gasteiger partial charge is 0.169 e. The average Bonchev–Trinajstić information content (AvgIpc) is 2.66. The van der Waals surface area contributed by atoms with Crippen LogP contribution in [0.3, 0.4) is 0 Å². The minimum Gasteiger partial charge on any atom is -0.377 e. The van der Waals surface area contributed by atoms with Gasteiger partial charge in [0.1, 0.15) is 0 Å². The molecule has 0 spiro atoms. The zero-order valence-electron chi connectivity index (χ0n) is 17.7. The Morgan fingerprint density at radius 2 is 0.944 bits per heavy atom. The van der Waals surface area contributed by atoms with E-state index in [1.165, 1.54) is 5.69 Å². The van der Waals surface area contributed by atoms with Gasteiger partial charge in [0.25, 0.3) is 0 Å². The molecule has 3 nitrogen and oxygen atoms in total. The van der Waals surface area contributed by atoms with Crippen LogP contribution >= 0.6 is 6.79 Å². The Morgan fingerprint density at radius 3 is 1.11 bits per heavy atom. The van der Waals surface area contributed by atoms with E-state index in [1.54, 1.807) is 4.52 Å². The summed E-state index contributed by atoms with van der Waals surface area (Å²) in [6.45, 7) is -17.4. The molecule has 21 heteroatoms. The van der Waals surface area contributed by atoms with E-state index in [0.717, 1.165) is 0 Å². The molecule has 1 N–H and O–H groups in total. The van der Waals surface area contributed by atoms with Gasteiger partial charge in [0.2, 0.25) is 0 Å².